The fraction of sp³-hybridized carbons (Fsp3) is 0.111. The van der Waals surface area contributed by atoms with E-state index in [1.807, 2.05) is 24.3 Å². The van der Waals surface area contributed by atoms with Crippen LogP contribution in [0.2, 0.25) is 0 Å². The van der Waals surface area contributed by atoms with Crippen molar-refractivity contribution in [2.75, 3.05) is 18.5 Å². The Balaban J connectivity index is 1.39. The number of benzene rings is 2. The Kier molecular flexibility index (Phi) is 3.72. The van der Waals surface area contributed by atoms with E-state index in [4.69, 9.17) is 9.47 Å². The van der Waals surface area contributed by atoms with Gasteiger partial charge in [0.2, 0.25) is 4.96 Å². The summed E-state index contributed by atoms with van der Waals surface area (Å²) in [6.45, 7) is 0.996. The van der Waals surface area contributed by atoms with Gasteiger partial charge >= 0.3 is 0 Å². The lowest BCUT2D eigenvalue weighted by molar-refractivity contribution is 0.102. The highest BCUT2D eigenvalue weighted by Crippen LogP contribution is 2.31. The largest absolute Gasteiger partial charge is 0.486 e. The third kappa shape index (κ3) is 2.97. The summed E-state index contributed by atoms with van der Waals surface area (Å²) >= 11 is 1.43. The van der Waals surface area contributed by atoms with Crippen LogP contribution < -0.4 is 14.8 Å². The van der Waals surface area contributed by atoms with Gasteiger partial charge in [-0.15, -0.1) is 10.2 Å². The molecule has 134 valence electrons. The number of ether oxygens (including phenoxy) is 2. The number of nitrogens with zero attached hydrogens (tertiary/aromatic N) is 4. The summed E-state index contributed by atoms with van der Waals surface area (Å²) in [5.74, 6) is 1.02. The van der Waals surface area contributed by atoms with Gasteiger partial charge in [0.05, 0.1) is 0 Å². The van der Waals surface area contributed by atoms with Crippen LogP contribution in [0, 0.1) is 0 Å². The van der Waals surface area contributed by atoms with Crippen LogP contribution in [-0.2, 0) is 0 Å². The molecule has 0 spiro atoms. The lowest BCUT2D eigenvalue weighted by Gasteiger charge is -2.18. The summed E-state index contributed by atoms with van der Waals surface area (Å²) in [6.07, 6.45) is 1.56. The molecule has 5 rings (SSSR count). The number of aromatic nitrogens is 4. The number of hydrogen-bond donors (Lipinski definition) is 1. The molecule has 3 heterocycles. The Hall–Kier alpha value is -3.46. The molecular weight excluding hydrogens is 366 g/mol. The number of carbonyl (C=O) groups is 1. The van der Waals surface area contributed by atoms with Crippen molar-refractivity contribution in [2.24, 2.45) is 0 Å². The maximum absolute atomic E-state index is 12.6. The molecular formula is C18H13N5O3S. The Morgan fingerprint density at radius 1 is 1.11 bits per heavy atom. The third-order valence-corrected chi connectivity index (χ3v) is 5.02. The molecule has 0 fully saturated rings. The number of anilines is 1. The van der Waals surface area contributed by atoms with Gasteiger partial charge in [0.25, 0.3) is 5.91 Å². The number of carbonyl (C=O) groups excluding carboxylic acids is 1. The Morgan fingerprint density at radius 3 is 2.89 bits per heavy atom. The van der Waals surface area contributed by atoms with Gasteiger partial charge in [0.15, 0.2) is 11.5 Å². The summed E-state index contributed by atoms with van der Waals surface area (Å²) in [5, 5.41) is 15.9. The minimum absolute atomic E-state index is 0.220. The fourth-order valence-corrected chi connectivity index (χ4v) is 3.61. The van der Waals surface area contributed by atoms with Crippen molar-refractivity contribution in [2.45, 2.75) is 0 Å². The van der Waals surface area contributed by atoms with Crippen LogP contribution in [0.15, 0.2) is 48.8 Å². The monoisotopic (exact) mass is 379 g/mol. The molecule has 0 unspecified atom stereocenters. The normalized spacial score (nSPS) is 12.9. The van der Waals surface area contributed by atoms with Crippen molar-refractivity contribution >= 4 is 27.9 Å². The van der Waals surface area contributed by atoms with Gasteiger partial charge in [0.1, 0.15) is 24.5 Å². The molecule has 0 saturated carbocycles. The van der Waals surface area contributed by atoms with E-state index in [9.17, 15) is 4.79 Å². The quantitative estimate of drug-likeness (QED) is 0.589. The Bertz CT molecular complexity index is 1120. The highest BCUT2D eigenvalue weighted by molar-refractivity contribution is 7.19. The highest BCUT2D eigenvalue weighted by Gasteiger charge is 2.15. The molecule has 4 aromatic rings. The first-order chi connectivity index (χ1) is 13.3. The number of rotatable bonds is 3. The van der Waals surface area contributed by atoms with E-state index in [1.54, 1.807) is 29.0 Å². The second-order valence-electron chi connectivity index (χ2n) is 5.86. The van der Waals surface area contributed by atoms with E-state index < -0.39 is 0 Å². The van der Waals surface area contributed by atoms with E-state index >= 15 is 0 Å². The SMILES string of the molecule is O=C(Nc1cccc(-c2nn3cnnc3s2)c1)c1ccc2c(c1)OCCO2. The van der Waals surface area contributed by atoms with Crippen LogP contribution in [0.3, 0.4) is 0 Å². The first-order valence-corrected chi connectivity index (χ1v) is 9.06. The maximum atomic E-state index is 12.6. The first-order valence-electron chi connectivity index (χ1n) is 8.24. The van der Waals surface area contributed by atoms with Gasteiger partial charge in [-0.25, -0.2) is 0 Å². The maximum Gasteiger partial charge on any atom is 0.255 e. The predicted molar refractivity (Wildman–Crippen MR) is 99.5 cm³/mol. The standard InChI is InChI=1S/C18H13N5O3S/c24-16(11-4-5-14-15(9-11)26-7-6-25-14)20-13-3-1-2-12(8-13)17-22-23-10-19-21-18(23)27-17/h1-5,8-10H,6-7H2,(H,20,24). The first kappa shape index (κ1) is 15.8. The number of fused-ring (bicyclic) bond motifs is 2. The topological polar surface area (TPSA) is 90.6 Å². The zero-order valence-corrected chi connectivity index (χ0v) is 14.8. The average molecular weight is 379 g/mol. The smallest absolute Gasteiger partial charge is 0.255 e. The van der Waals surface area contributed by atoms with Crippen molar-refractivity contribution in [3.05, 3.63) is 54.4 Å². The van der Waals surface area contributed by atoms with Gasteiger partial charge < -0.3 is 14.8 Å². The zero-order valence-electron chi connectivity index (χ0n) is 14.0. The molecule has 0 radical (unpaired) electrons. The van der Waals surface area contributed by atoms with Crippen LogP contribution in [0.4, 0.5) is 5.69 Å². The van der Waals surface area contributed by atoms with Gasteiger partial charge in [-0.3, -0.25) is 4.79 Å². The molecule has 1 amide bonds. The van der Waals surface area contributed by atoms with Crippen LogP contribution in [0.5, 0.6) is 11.5 Å². The molecule has 8 nitrogen and oxygen atoms in total. The molecule has 9 heteroatoms. The van der Waals surface area contributed by atoms with Gasteiger partial charge in [0, 0.05) is 16.8 Å². The van der Waals surface area contributed by atoms with Crippen LogP contribution >= 0.6 is 11.3 Å². The lowest BCUT2D eigenvalue weighted by Crippen LogP contribution is -2.17. The van der Waals surface area contributed by atoms with E-state index in [1.165, 1.54) is 11.3 Å². The summed E-state index contributed by atoms with van der Waals surface area (Å²) in [5.41, 5.74) is 2.08. The molecule has 2 aromatic heterocycles. The number of hydrogen-bond acceptors (Lipinski definition) is 7. The van der Waals surface area contributed by atoms with Gasteiger partial charge in [-0.05, 0) is 30.3 Å². The van der Waals surface area contributed by atoms with Crippen molar-refractivity contribution in [3.8, 4) is 22.1 Å². The van der Waals surface area contributed by atoms with Crippen molar-refractivity contribution in [3.63, 3.8) is 0 Å². The molecule has 2 aromatic carbocycles. The van der Waals surface area contributed by atoms with Gasteiger partial charge in [-0.1, -0.05) is 23.5 Å². The molecule has 1 N–H and O–H groups in total. The second-order valence-corrected chi connectivity index (χ2v) is 6.81. The Morgan fingerprint density at radius 2 is 2.00 bits per heavy atom. The van der Waals surface area contributed by atoms with Crippen molar-refractivity contribution in [1.82, 2.24) is 19.8 Å². The predicted octanol–water partition coefficient (Wildman–Crippen LogP) is 2.88. The highest BCUT2D eigenvalue weighted by atomic mass is 32.1. The lowest BCUT2D eigenvalue weighted by atomic mass is 10.1. The molecule has 27 heavy (non-hydrogen) atoms. The molecule has 1 aliphatic heterocycles. The Labute approximate surface area is 157 Å². The fourth-order valence-electron chi connectivity index (χ4n) is 2.79. The van der Waals surface area contributed by atoms with Crippen molar-refractivity contribution < 1.29 is 14.3 Å². The molecule has 0 saturated heterocycles. The third-order valence-electron chi connectivity index (χ3n) is 4.06. The van der Waals surface area contributed by atoms with E-state index in [2.05, 4.69) is 20.6 Å². The minimum Gasteiger partial charge on any atom is -0.486 e. The molecule has 0 bridgehead atoms. The summed E-state index contributed by atoms with van der Waals surface area (Å²) in [4.78, 5) is 13.3. The van der Waals surface area contributed by atoms with Gasteiger partial charge in [-0.2, -0.15) is 9.61 Å². The minimum atomic E-state index is -0.220. The summed E-state index contributed by atoms with van der Waals surface area (Å²) < 4.78 is 12.6. The second kappa shape index (κ2) is 6.36. The molecule has 0 atom stereocenters. The van der Waals surface area contributed by atoms with E-state index in [0.717, 1.165) is 15.5 Å². The summed E-state index contributed by atoms with van der Waals surface area (Å²) in [6, 6.07) is 12.7. The summed E-state index contributed by atoms with van der Waals surface area (Å²) in [7, 11) is 0. The van der Waals surface area contributed by atoms with Crippen LogP contribution in [-0.4, -0.2) is 38.9 Å². The van der Waals surface area contributed by atoms with Crippen LogP contribution in [0.1, 0.15) is 10.4 Å². The number of nitrogens with one attached hydrogen (secondary N) is 1. The molecule has 1 aliphatic rings. The van der Waals surface area contributed by atoms with E-state index in [-0.39, 0.29) is 5.91 Å². The van der Waals surface area contributed by atoms with Crippen molar-refractivity contribution in [1.29, 1.82) is 0 Å². The number of amides is 1. The van der Waals surface area contributed by atoms with Crippen LogP contribution in [0.25, 0.3) is 15.5 Å². The zero-order chi connectivity index (χ0) is 18.2. The average Bonchev–Trinajstić information content (AvgIpc) is 3.30. The molecule has 0 aliphatic carbocycles. The van der Waals surface area contributed by atoms with E-state index in [0.29, 0.717) is 36.0 Å².